The van der Waals surface area contributed by atoms with Crippen LogP contribution in [0.5, 0.6) is 0 Å². The summed E-state index contributed by atoms with van der Waals surface area (Å²) in [5, 5.41) is 3.39. The molecule has 0 aliphatic rings. The Kier molecular flexibility index (Phi) is 4.36. The Balaban J connectivity index is 1.96. The van der Waals surface area contributed by atoms with E-state index in [9.17, 15) is 0 Å². The Morgan fingerprint density at radius 2 is 2.29 bits per heavy atom. The maximum absolute atomic E-state index is 4.39. The fourth-order valence-corrected chi connectivity index (χ4v) is 2.85. The predicted octanol–water partition coefficient (Wildman–Crippen LogP) is 3.65. The molecule has 5 heteroatoms. The van der Waals surface area contributed by atoms with Gasteiger partial charge in [0.1, 0.15) is 5.82 Å². The van der Waals surface area contributed by atoms with Gasteiger partial charge < -0.3 is 10.3 Å². The van der Waals surface area contributed by atoms with Crippen molar-refractivity contribution in [1.29, 1.82) is 0 Å². The number of rotatable bonds is 5. The minimum Gasteiger partial charge on any atom is -0.340 e. The largest absolute Gasteiger partial charge is 0.340 e. The van der Waals surface area contributed by atoms with E-state index < -0.39 is 0 Å². The maximum atomic E-state index is 4.39. The van der Waals surface area contributed by atoms with Gasteiger partial charge in [-0.25, -0.2) is 4.98 Å². The van der Waals surface area contributed by atoms with Crippen molar-refractivity contribution in [3.05, 3.63) is 27.8 Å². The fourth-order valence-electron chi connectivity index (χ4n) is 1.51. The van der Waals surface area contributed by atoms with Crippen LogP contribution < -0.4 is 5.32 Å². The van der Waals surface area contributed by atoms with E-state index in [1.807, 2.05) is 12.3 Å². The van der Waals surface area contributed by atoms with Crippen molar-refractivity contribution in [3.63, 3.8) is 0 Å². The second-order valence-electron chi connectivity index (χ2n) is 4.39. The highest BCUT2D eigenvalue weighted by molar-refractivity contribution is 9.11. The zero-order chi connectivity index (χ0) is 12.3. The standard InChI is InChI=1S/C12H16BrN3S/c1-8(2)5-14-6-9-7-15-12(16-9)10-3-4-11(13)17-10/h3-4,7-8,14H,5-6H2,1-2H3,(H,15,16). The molecule has 2 aromatic rings. The van der Waals surface area contributed by atoms with Gasteiger partial charge in [0.25, 0.3) is 0 Å². The summed E-state index contributed by atoms with van der Waals surface area (Å²) in [6.45, 7) is 6.28. The van der Waals surface area contributed by atoms with Gasteiger partial charge in [-0.3, -0.25) is 0 Å². The van der Waals surface area contributed by atoms with Crippen molar-refractivity contribution in [2.45, 2.75) is 20.4 Å². The van der Waals surface area contributed by atoms with Crippen LogP contribution in [0.2, 0.25) is 0 Å². The highest BCUT2D eigenvalue weighted by Crippen LogP contribution is 2.29. The van der Waals surface area contributed by atoms with Crippen molar-refractivity contribution < 1.29 is 0 Å². The van der Waals surface area contributed by atoms with Crippen LogP contribution in [0.15, 0.2) is 22.1 Å². The number of halogens is 1. The molecule has 0 fully saturated rings. The van der Waals surface area contributed by atoms with Crippen molar-refractivity contribution >= 4 is 27.3 Å². The normalized spacial score (nSPS) is 11.3. The smallest absolute Gasteiger partial charge is 0.147 e. The first-order chi connectivity index (χ1) is 8.15. The van der Waals surface area contributed by atoms with E-state index in [1.54, 1.807) is 11.3 Å². The molecule has 3 nitrogen and oxygen atoms in total. The average Bonchev–Trinajstić information content (AvgIpc) is 2.86. The Labute approximate surface area is 114 Å². The van der Waals surface area contributed by atoms with Crippen molar-refractivity contribution in [3.8, 4) is 10.7 Å². The number of nitrogens with zero attached hydrogens (tertiary/aromatic N) is 1. The third-order valence-electron chi connectivity index (χ3n) is 2.30. The molecule has 0 spiro atoms. The number of aromatic nitrogens is 2. The van der Waals surface area contributed by atoms with Gasteiger partial charge in [0.15, 0.2) is 0 Å². The number of thiophene rings is 1. The molecule has 0 aliphatic heterocycles. The number of nitrogens with one attached hydrogen (secondary N) is 2. The summed E-state index contributed by atoms with van der Waals surface area (Å²) in [5.74, 6) is 1.62. The van der Waals surface area contributed by atoms with E-state index in [2.05, 4.69) is 51.1 Å². The second kappa shape index (κ2) is 5.80. The lowest BCUT2D eigenvalue weighted by Crippen LogP contribution is -2.19. The molecule has 2 rings (SSSR count). The zero-order valence-electron chi connectivity index (χ0n) is 9.96. The quantitative estimate of drug-likeness (QED) is 0.884. The highest BCUT2D eigenvalue weighted by Gasteiger charge is 2.06. The SMILES string of the molecule is CC(C)CNCc1cnc(-c2ccc(Br)s2)[nH]1. The summed E-state index contributed by atoms with van der Waals surface area (Å²) in [4.78, 5) is 8.88. The molecule has 2 aromatic heterocycles. The average molecular weight is 314 g/mol. The topological polar surface area (TPSA) is 40.7 Å². The van der Waals surface area contributed by atoms with Crippen molar-refractivity contribution in [1.82, 2.24) is 15.3 Å². The van der Waals surface area contributed by atoms with Gasteiger partial charge >= 0.3 is 0 Å². The van der Waals surface area contributed by atoms with Crippen LogP contribution in [0.4, 0.5) is 0 Å². The van der Waals surface area contributed by atoms with Gasteiger partial charge in [0.2, 0.25) is 0 Å². The van der Waals surface area contributed by atoms with Crippen LogP contribution in [-0.2, 0) is 6.54 Å². The number of hydrogen-bond acceptors (Lipinski definition) is 3. The lowest BCUT2D eigenvalue weighted by molar-refractivity contribution is 0.549. The van der Waals surface area contributed by atoms with Gasteiger partial charge in [0.05, 0.1) is 8.66 Å². The number of hydrogen-bond donors (Lipinski definition) is 2. The molecule has 0 saturated carbocycles. The van der Waals surface area contributed by atoms with Gasteiger partial charge in [-0.15, -0.1) is 11.3 Å². The molecule has 0 saturated heterocycles. The van der Waals surface area contributed by atoms with Crippen molar-refractivity contribution in [2.24, 2.45) is 5.92 Å². The Bertz CT molecular complexity index is 476. The number of aromatic amines is 1. The van der Waals surface area contributed by atoms with Gasteiger partial charge in [-0.05, 0) is 40.5 Å². The van der Waals surface area contributed by atoms with Crippen LogP contribution in [0, 0.1) is 5.92 Å². The minimum absolute atomic E-state index is 0.672. The van der Waals surface area contributed by atoms with Crippen LogP contribution in [0.25, 0.3) is 10.7 Å². The summed E-state index contributed by atoms with van der Waals surface area (Å²) in [5.41, 5.74) is 1.13. The van der Waals surface area contributed by atoms with Gasteiger partial charge in [0, 0.05) is 18.4 Å². The second-order valence-corrected chi connectivity index (χ2v) is 6.85. The Morgan fingerprint density at radius 3 is 2.94 bits per heavy atom. The van der Waals surface area contributed by atoms with Crippen LogP contribution >= 0.6 is 27.3 Å². The fraction of sp³-hybridized carbons (Fsp3) is 0.417. The molecule has 0 amide bonds. The van der Waals surface area contributed by atoms with Crippen molar-refractivity contribution in [2.75, 3.05) is 6.54 Å². The molecular formula is C12H16BrN3S. The zero-order valence-corrected chi connectivity index (χ0v) is 12.4. The molecule has 0 unspecified atom stereocenters. The minimum atomic E-state index is 0.672. The van der Waals surface area contributed by atoms with E-state index in [4.69, 9.17) is 0 Å². The van der Waals surface area contributed by atoms with Gasteiger partial charge in [-0.1, -0.05) is 13.8 Å². The molecule has 0 radical (unpaired) electrons. The molecule has 2 N–H and O–H groups in total. The highest BCUT2D eigenvalue weighted by atomic mass is 79.9. The Hall–Kier alpha value is -0.650. The van der Waals surface area contributed by atoms with Crippen LogP contribution in [-0.4, -0.2) is 16.5 Å². The lowest BCUT2D eigenvalue weighted by Gasteiger charge is -2.05. The first-order valence-corrected chi connectivity index (χ1v) is 7.26. The molecule has 0 aliphatic carbocycles. The first kappa shape index (κ1) is 12.8. The summed E-state index contributed by atoms with van der Waals surface area (Å²) < 4.78 is 1.13. The summed E-state index contributed by atoms with van der Waals surface area (Å²) >= 11 is 5.14. The molecule has 0 atom stereocenters. The summed E-state index contributed by atoms with van der Waals surface area (Å²) in [6.07, 6.45) is 1.90. The van der Waals surface area contributed by atoms with E-state index in [-0.39, 0.29) is 0 Å². The predicted molar refractivity (Wildman–Crippen MR) is 76.1 cm³/mol. The summed E-state index contributed by atoms with van der Waals surface area (Å²) in [7, 11) is 0. The number of imidazole rings is 1. The van der Waals surface area contributed by atoms with E-state index in [0.29, 0.717) is 5.92 Å². The van der Waals surface area contributed by atoms with E-state index >= 15 is 0 Å². The monoisotopic (exact) mass is 313 g/mol. The molecule has 17 heavy (non-hydrogen) atoms. The van der Waals surface area contributed by atoms with Gasteiger partial charge in [-0.2, -0.15) is 0 Å². The Morgan fingerprint density at radius 1 is 1.47 bits per heavy atom. The summed E-state index contributed by atoms with van der Waals surface area (Å²) in [6, 6.07) is 4.11. The lowest BCUT2D eigenvalue weighted by atomic mass is 10.2. The van der Waals surface area contributed by atoms with Crippen LogP contribution in [0.3, 0.4) is 0 Å². The third kappa shape index (κ3) is 3.66. The van der Waals surface area contributed by atoms with Crippen LogP contribution in [0.1, 0.15) is 19.5 Å². The molecular weight excluding hydrogens is 298 g/mol. The number of H-pyrrole nitrogens is 1. The molecule has 92 valence electrons. The molecule has 0 aromatic carbocycles. The maximum Gasteiger partial charge on any atom is 0.147 e. The first-order valence-electron chi connectivity index (χ1n) is 5.65. The molecule has 0 bridgehead atoms. The van der Waals surface area contributed by atoms with E-state index in [1.165, 1.54) is 0 Å². The third-order valence-corrected chi connectivity index (χ3v) is 3.93. The van der Waals surface area contributed by atoms with E-state index in [0.717, 1.165) is 33.3 Å². The molecule has 2 heterocycles.